The number of rotatable bonds is 3. The highest BCUT2D eigenvalue weighted by Gasteiger charge is 2.29. The summed E-state index contributed by atoms with van der Waals surface area (Å²) in [6, 6.07) is 4.98. The number of hydrogen-bond donors (Lipinski definition) is 1. The number of carbonyl (C=O) groups excluding carboxylic acids is 1. The Morgan fingerprint density at radius 3 is 2.65 bits per heavy atom. The van der Waals surface area contributed by atoms with Crippen LogP contribution in [0.2, 0.25) is 0 Å². The Hall–Kier alpha value is -2.26. The van der Waals surface area contributed by atoms with Crippen molar-refractivity contribution in [2.75, 3.05) is 5.17 Å². The van der Waals surface area contributed by atoms with Gasteiger partial charge in [-0.25, -0.2) is 15.6 Å². The number of anilines is 1. The third kappa shape index (κ3) is 3.57. The number of nitro groups is 1. The van der Waals surface area contributed by atoms with Gasteiger partial charge in [0.05, 0.1) is 15.9 Å². The fraction of sp³-hybridized carbons (Fsp3) is 0.286. The van der Waals surface area contributed by atoms with E-state index in [1.54, 1.807) is 39.0 Å². The molecule has 0 spiro atoms. The summed E-state index contributed by atoms with van der Waals surface area (Å²) in [5.74, 6) is 5.17. The zero-order chi connectivity index (χ0) is 17.4. The summed E-state index contributed by atoms with van der Waals surface area (Å²) in [7, 11) is 0. The zero-order valence-corrected chi connectivity index (χ0v) is 14.3. The summed E-state index contributed by atoms with van der Waals surface area (Å²) < 4.78 is 0.757. The predicted octanol–water partition coefficient (Wildman–Crippen LogP) is 3.09. The van der Waals surface area contributed by atoms with Crippen LogP contribution in [0.15, 0.2) is 28.9 Å². The first-order valence-electron chi connectivity index (χ1n) is 6.61. The number of pyridine rings is 1. The first kappa shape index (κ1) is 17.1. The first-order valence-corrected chi connectivity index (χ1v) is 7.40. The van der Waals surface area contributed by atoms with Crippen molar-refractivity contribution < 1.29 is 14.6 Å². The maximum atomic E-state index is 12.0. The molecule has 0 saturated heterocycles. The topological polar surface area (TPSA) is 112 Å². The molecule has 2 aromatic rings. The summed E-state index contributed by atoms with van der Waals surface area (Å²) >= 11 is 3.30. The predicted molar refractivity (Wildman–Crippen MR) is 88.3 cm³/mol. The van der Waals surface area contributed by atoms with Gasteiger partial charge in [-0.2, -0.15) is 0 Å². The van der Waals surface area contributed by atoms with E-state index in [2.05, 4.69) is 20.9 Å². The SMILES string of the molecule is CC(C)(C)C(=O)ON(N)c1c([N+](=O)[O-])cnc2cc(Br)ccc12. The van der Waals surface area contributed by atoms with E-state index in [-0.39, 0.29) is 11.4 Å². The van der Waals surface area contributed by atoms with Crippen molar-refractivity contribution in [3.8, 4) is 0 Å². The van der Waals surface area contributed by atoms with E-state index >= 15 is 0 Å². The van der Waals surface area contributed by atoms with Crippen molar-refractivity contribution >= 4 is 44.2 Å². The molecule has 122 valence electrons. The highest BCUT2D eigenvalue weighted by atomic mass is 79.9. The fourth-order valence-electron chi connectivity index (χ4n) is 1.78. The molecule has 8 nitrogen and oxygen atoms in total. The number of aromatic nitrogens is 1. The van der Waals surface area contributed by atoms with Crippen LogP contribution in [0.25, 0.3) is 10.9 Å². The lowest BCUT2D eigenvalue weighted by Crippen LogP contribution is -2.38. The average molecular weight is 383 g/mol. The number of benzene rings is 1. The molecule has 0 unspecified atom stereocenters. The molecular weight excluding hydrogens is 368 g/mol. The quantitative estimate of drug-likeness (QED) is 0.492. The molecule has 1 aromatic heterocycles. The molecule has 0 saturated carbocycles. The van der Waals surface area contributed by atoms with Crippen molar-refractivity contribution in [3.63, 3.8) is 0 Å². The molecule has 0 radical (unpaired) electrons. The molecule has 1 aromatic carbocycles. The lowest BCUT2D eigenvalue weighted by molar-refractivity contribution is -0.384. The van der Waals surface area contributed by atoms with Gasteiger partial charge in [-0.15, -0.1) is 5.17 Å². The second kappa shape index (κ2) is 6.09. The Morgan fingerprint density at radius 2 is 2.09 bits per heavy atom. The molecule has 1 heterocycles. The molecule has 0 aliphatic carbocycles. The van der Waals surface area contributed by atoms with Gasteiger partial charge in [-0.1, -0.05) is 15.9 Å². The van der Waals surface area contributed by atoms with Crippen LogP contribution in [0.3, 0.4) is 0 Å². The van der Waals surface area contributed by atoms with Gasteiger partial charge < -0.3 is 4.84 Å². The summed E-state index contributed by atoms with van der Waals surface area (Å²) in [4.78, 5) is 31.7. The molecule has 0 bridgehead atoms. The largest absolute Gasteiger partial charge is 0.339 e. The van der Waals surface area contributed by atoms with Gasteiger partial charge in [0.25, 0.3) is 0 Å². The molecule has 2 rings (SSSR count). The van der Waals surface area contributed by atoms with E-state index in [0.717, 1.165) is 10.7 Å². The van der Waals surface area contributed by atoms with Gasteiger partial charge in [0.1, 0.15) is 6.20 Å². The molecule has 0 aliphatic heterocycles. The van der Waals surface area contributed by atoms with E-state index in [1.165, 1.54) is 0 Å². The van der Waals surface area contributed by atoms with Crippen molar-refractivity contribution in [3.05, 3.63) is 39.0 Å². The standard InChI is InChI=1S/C14H15BrN4O4/c1-14(2,3)13(20)23-18(16)12-9-5-4-8(15)6-10(9)17-7-11(12)19(21)22/h4-7H,16H2,1-3H3. The molecular formula is C14H15BrN4O4. The van der Waals surface area contributed by atoms with Crippen LogP contribution >= 0.6 is 15.9 Å². The van der Waals surface area contributed by atoms with Crippen LogP contribution in [0.5, 0.6) is 0 Å². The smallest absolute Gasteiger partial charge is 0.325 e. The molecule has 0 fully saturated rings. The third-order valence-corrected chi connectivity index (χ3v) is 3.49. The minimum atomic E-state index is -0.807. The Morgan fingerprint density at radius 1 is 1.43 bits per heavy atom. The van der Waals surface area contributed by atoms with E-state index in [9.17, 15) is 14.9 Å². The summed E-state index contributed by atoms with van der Waals surface area (Å²) in [6.45, 7) is 4.96. The number of fused-ring (bicyclic) bond motifs is 1. The number of nitrogens with zero attached hydrogens (tertiary/aromatic N) is 3. The Balaban J connectivity index is 2.58. The minimum Gasteiger partial charge on any atom is -0.325 e. The normalized spacial score (nSPS) is 11.3. The summed E-state index contributed by atoms with van der Waals surface area (Å²) in [5, 5.41) is 12.3. The van der Waals surface area contributed by atoms with E-state index in [1.807, 2.05) is 0 Å². The number of hydrazine groups is 1. The molecule has 0 amide bonds. The van der Waals surface area contributed by atoms with E-state index < -0.39 is 16.3 Å². The molecule has 0 aliphatic rings. The number of nitrogens with two attached hydrogens (primary N) is 1. The minimum absolute atomic E-state index is 0.0369. The average Bonchev–Trinajstić information content (AvgIpc) is 2.44. The Bertz CT molecular complexity index is 788. The lowest BCUT2D eigenvalue weighted by atomic mass is 9.98. The van der Waals surface area contributed by atoms with Crippen LogP contribution in [0.4, 0.5) is 11.4 Å². The van der Waals surface area contributed by atoms with Crippen LogP contribution in [-0.4, -0.2) is 15.9 Å². The maximum absolute atomic E-state index is 12.0. The van der Waals surface area contributed by atoms with Crippen LogP contribution < -0.4 is 11.0 Å². The van der Waals surface area contributed by atoms with Crippen molar-refractivity contribution in [1.29, 1.82) is 0 Å². The van der Waals surface area contributed by atoms with Gasteiger partial charge >= 0.3 is 11.7 Å². The van der Waals surface area contributed by atoms with E-state index in [0.29, 0.717) is 16.1 Å². The Labute approximate surface area is 140 Å². The van der Waals surface area contributed by atoms with Crippen LogP contribution in [0.1, 0.15) is 20.8 Å². The van der Waals surface area contributed by atoms with Gasteiger partial charge in [-0.3, -0.25) is 10.1 Å². The maximum Gasteiger partial charge on any atom is 0.339 e. The molecule has 0 atom stereocenters. The lowest BCUT2D eigenvalue weighted by Gasteiger charge is -2.23. The van der Waals surface area contributed by atoms with Crippen LogP contribution in [-0.2, 0) is 9.63 Å². The summed E-state index contributed by atoms with van der Waals surface area (Å²) in [6.07, 6.45) is 1.08. The number of halogens is 1. The number of carbonyl (C=O) groups is 1. The highest BCUT2D eigenvalue weighted by Crippen LogP contribution is 2.35. The third-order valence-electron chi connectivity index (χ3n) is 2.99. The zero-order valence-electron chi connectivity index (χ0n) is 12.7. The van der Waals surface area contributed by atoms with Crippen molar-refractivity contribution in [1.82, 2.24) is 4.98 Å². The summed E-state index contributed by atoms with van der Waals surface area (Å²) in [5.41, 5.74) is -0.727. The van der Waals surface area contributed by atoms with Gasteiger partial charge in [0.2, 0.25) is 0 Å². The molecule has 23 heavy (non-hydrogen) atoms. The van der Waals surface area contributed by atoms with Crippen LogP contribution in [0, 0.1) is 15.5 Å². The van der Waals surface area contributed by atoms with Crippen molar-refractivity contribution in [2.24, 2.45) is 11.3 Å². The second-order valence-electron chi connectivity index (χ2n) is 5.87. The number of hydrogen-bond acceptors (Lipinski definition) is 7. The molecule has 2 N–H and O–H groups in total. The van der Waals surface area contributed by atoms with E-state index in [4.69, 9.17) is 10.7 Å². The monoisotopic (exact) mass is 382 g/mol. The van der Waals surface area contributed by atoms with Gasteiger partial charge in [0, 0.05) is 9.86 Å². The second-order valence-corrected chi connectivity index (χ2v) is 6.78. The Kier molecular flexibility index (Phi) is 4.53. The van der Waals surface area contributed by atoms with Gasteiger partial charge in [0.15, 0.2) is 5.69 Å². The fourth-order valence-corrected chi connectivity index (χ4v) is 2.13. The van der Waals surface area contributed by atoms with Gasteiger partial charge in [-0.05, 0) is 39.0 Å². The van der Waals surface area contributed by atoms with Crippen molar-refractivity contribution in [2.45, 2.75) is 20.8 Å². The molecule has 9 heteroatoms. The first-order chi connectivity index (χ1) is 10.6. The highest BCUT2D eigenvalue weighted by molar-refractivity contribution is 9.10.